The molecule has 7 nitrogen and oxygen atoms in total. The van der Waals surface area contributed by atoms with E-state index in [9.17, 15) is 4.79 Å². The maximum Gasteiger partial charge on any atom is 0.257 e. The molecule has 150 valence electrons. The zero-order valence-electron chi connectivity index (χ0n) is 15.9. The van der Waals surface area contributed by atoms with E-state index in [0.717, 1.165) is 5.56 Å². The number of nitrogens with one attached hydrogen (secondary N) is 2. The van der Waals surface area contributed by atoms with E-state index in [4.69, 9.17) is 31.2 Å². The highest BCUT2D eigenvalue weighted by Crippen LogP contribution is 2.33. The average Bonchev–Trinajstić information content (AvgIpc) is 3.22. The van der Waals surface area contributed by atoms with Crippen molar-refractivity contribution >= 4 is 28.9 Å². The molecular formula is C21H20N2O5S. The van der Waals surface area contributed by atoms with Crippen LogP contribution in [-0.4, -0.2) is 30.3 Å². The Morgan fingerprint density at radius 2 is 1.83 bits per heavy atom. The van der Waals surface area contributed by atoms with Crippen molar-refractivity contribution < 1.29 is 23.8 Å². The minimum atomic E-state index is -0.333. The molecule has 0 saturated carbocycles. The Balaban J connectivity index is 1.68. The summed E-state index contributed by atoms with van der Waals surface area (Å²) in [5.74, 6) is 1.93. The molecule has 0 radical (unpaired) electrons. The third-order valence-corrected chi connectivity index (χ3v) is 4.33. The monoisotopic (exact) mass is 412 g/mol. The Labute approximate surface area is 173 Å². The van der Waals surface area contributed by atoms with E-state index in [1.165, 1.54) is 0 Å². The Hall–Kier alpha value is -3.36. The lowest BCUT2D eigenvalue weighted by atomic mass is 10.1. The smallest absolute Gasteiger partial charge is 0.257 e. The second-order valence-corrected chi connectivity index (χ2v) is 6.38. The topological polar surface area (TPSA) is 93.0 Å². The molecule has 0 bridgehead atoms. The summed E-state index contributed by atoms with van der Waals surface area (Å²) in [5, 5.41) is 14.9. The van der Waals surface area contributed by atoms with Crippen LogP contribution in [0.5, 0.6) is 11.5 Å². The van der Waals surface area contributed by atoms with E-state index >= 15 is 0 Å². The van der Waals surface area contributed by atoms with Crippen LogP contribution in [0.3, 0.4) is 0 Å². The lowest BCUT2D eigenvalue weighted by Crippen LogP contribution is -2.34. The van der Waals surface area contributed by atoms with Crippen LogP contribution in [0.25, 0.3) is 11.3 Å². The molecule has 0 saturated heterocycles. The van der Waals surface area contributed by atoms with Gasteiger partial charge in [-0.1, -0.05) is 0 Å². The summed E-state index contributed by atoms with van der Waals surface area (Å²) in [6.45, 7) is -0.176. The van der Waals surface area contributed by atoms with Crippen molar-refractivity contribution in [3.05, 3.63) is 65.9 Å². The Morgan fingerprint density at radius 3 is 2.45 bits per heavy atom. The van der Waals surface area contributed by atoms with Gasteiger partial charge in [-0.25, -0.2) is 0 Å². The maximum atomic E-state index is 12.3. The van der Waals surface area contributed by atoms with Gasteiger partial charge in [0.05, 0.1) is 19.8 Å². The number of carbonyl (C=O) groups excluding carboxylic acids is 1. The molecule has 0 spiro atoms. The Bertz CT molecular complexity index is 1010. The van der Waals surface area contributed by atoms with Gasteiger partial charge in [-0.3, -0.25) is 10.1 Å². The normalized spacial score (nSPS) is 10.3. The standard InChI is InChI=1S/C21H20N2O5S/c1-26-15-6-3-13(4-7-15)20(25)23-21(29)22-14-5-9-17(19(11-14)27-2)18-10-8-16(12-24)28-18/h3-11,24H,12H2,1-2H3,(H2,22,23,25,29). The van der Waals surface area contributed by atoms with E-state index in [1.807, 2.05) is 0 Å². The molecule has 0 fully saturated rings. The molecule has 3 N–H and O–H groups in total. The highest BCUT2D eigenvalue weighted by Gasteiger charge is 2.13. The molecule has 1 heterocycles. The fourth-order valence-electron chi connectivity index (χ4n) is 2.66. The SMILES string of the molecule is COc1ccc(C(=O)NC(=S)Nc2ccc(-c3ccc(CO)o3)c(OC)c2)cc1. The van der Waals surface area contributed by atoms with Crippen LogP contribution >= 0.6 is 12.2 Å². The van der Waals surface area contributed by atoms with Gasteiger partial charge in [0.25, 0.3) is 5.91 Å². The fourth-order valence-corrected chi connectivity index (χ4v) is 2.87. The van der Waals surface area contributed by atoms with Crippen molar-refractivity contribution in [3.8, 4) is 22.8 Å². The number of hydrogen-bond acceptors (Lipinski definition) is 6. The van der Waals surface area contributed by atoms with Crippen molar-refractivity contribution in [2.45, 2.75) is 6.61 Å². The zero-order valence-corrected chi connectivity index (χ0v) is 16.7. The minimum Gasteiger partial charge on any atom is -0.497 e. The highest BCUT2D eigenvalue weighted by molar-refractivity contribution is 7.80. The number of aliphatic hydroxyl groups excluding tert-OH is 1. The lowest BCUT2D eigenvalue weighted by molar-refractivity contribution is 0.0977. The van der Waals surface area contributed by atoms with Crippen LogP contribution in [0.4, 0.5) is 5.69 Å². The Morgan fingerprint density at radius 1 is 1.07 bits per heavy atom. The first-order valence-corrected chi connectivity index (χ1v) is 9.09. The summed E-state index contributed by atoms with van der Waals surface area (Å²) in [6, 6.07) is 15.5. The van der Waals surface area contributed by atoms with Crippen molar-refractivity contribution in [3.63, 3.8) is 0 Å². The van der Waals surface area contributed by atoms with Crippen molar-refractivity contribution in [1.29, 1.82) is 0 Å². The van der Waals surface area contributed by atoms with E-state index in [0.29, 0.717) is 34.3 Å². The van der Waals surface area contributed by atoms with Crippen LogP contribution in [0.2, 0.25) is 0 Å². The van der Waals surface area contributed by atoms with Crippen molar-refractivity contribution in [1.82, 2.24) is 5.32 Å². The fraction of sp³-hybridized carbons (Fsp3) is 0.143. The summed E-state index contributed by atoms with van der Waals surface area (Å²) in [7, 11) is 3.10. The summed E-state index contributed by atoms with van der Waals surface area (Å²) >= 11 is 5.23. The first kappa shape index (κ1) is 20.4. The maximum absolute atomic E-state index is 12.3. The van der Waals surface area contributed by atoms with Crippen LogP contribution < -0.4 is 20.1 Å². The number of anilines is 1. The number of aliphatic hydroxyl groups is 1. The van der Waals surface area contributed by atoms with Gasteiger partial charge in [0.2, 0.25) is 0 Å². The molecule has 0 atom stereocenters. The third kappa shape index (κ3) is 4.92. The molecule has 2 aromatic carbocycles. The second-order valence-electron chi connectivity index (χ2n) is 5.98. The van der Waals surface area contributed by atoms with E-state index in [-0.39, 0.29) is 17.6 Å². The van der Waals surface area contributed by atoms with E-state index < -0.39 is 0 Å². The molecule has 29 heavy (non-hydrogen) atoms. The van der Waals surface area contributed by atoms with Gasteiger partial charge >= 0.3 is 0 Å². The predicted octanol–water partition coefficient (Wildman–Crippen LogP) is 3.58. The number of carbonyl (C=O) groups is 1. The van der Waals surface area contributed by atoms with Crippen molar-refractivity contribution in [2.24, 2.45) is 0 Å². The number of hydrogen-bond donors (Lipinski definition) is 3. The predicted molar refractivity (Wildman–Crippen MR) is 113 cm³/mol. The van der Waals surface area contributed by atoms with Gasteiger partial charge < -0.3 is 24.3 Å². The average molecular weight is 412 g/mol. The first-order valence-electron chi connectivity index (χ1n) is 8.68. The summed E-state index contributed by atoms with van der Waals surface area (Å²) < 4.78 is 16.1. The number of thiocarbonyl (C=S) groups is 1. The van der Waals surface area contributed by atoms with E-state index in [1.54, 1.807) is 68.8 Å². The van der Waals surface area contributed by atoms with Gasteiger partial charge in [0, 0.05) is 17.3 Å². The van der Waals surface area contributed by atoms with Crippen LogP contribution in [0.1, 0.15) is 16.1 Å². The molecule has 0 unspecified atom stereocenters. The van der Waals surface area contributed by atoms with Gasteiger partial charge in [-0.2, -0.15) is 0 Å². The quantitative estimate of drug-likeness (QED) is 0.533. The third-order valence-electron chi connectivity index (χ3n) is 4.12. The largest absolute Gasteiger partial charge is 0.497 e. The molecule has 1 aromatic heterocycles. The number of benzene rings is 2. The van der Waals surface area contributed by atoms with Crippen LogP contribution in [-0.2, 0) is 6.61 Å². The van der Waals surface area contributed by atoms with Crippen LogP contribution in [0, 0.1) is 0 Å². The second kappa shape index (κ2) is 9.22. The molecular weight excluding hydrogens is 392 g/mol. The summed E-state index contributed by atoms with van der Waals surface area (Å²) in [5.41, 5.74) is 1.82. The number of ether oxygens (including phenoxy) is 2. The zero-order chi connectivity index (χ0) is 20.8. The first-order chi connectivity index (χ1) is 14.0. The molecule has 8 heteroatoms. The minimum absolute atomic E-state index is 0.154. The van der Waals surface area contributed by atoms with E-state index in [2.05, 4.69) is 10.6 Å². The molecule has 3 rings (SSSR count). The highest BCUT2D eigenvalue weighted by atomic mass is 32.1. The number of amides is 1. The molecule has 1 amide bonds. The number of furan rings is 1. The van der Waals surface area contributed by atoms with Crippen LogP contribution in [0.15, 0.2) is 59.0 Å². The van der Waals surface area contributed by atoms with Gasteiger partial charge in [-0.15, -0.1) is 0 Å². The van der Waals surface area contributed by atoms with Gasteiger partial charge in [-0.05, 0) is 60.7 Å². The lowest BCUT2D eigenvalue weighted by Gasteiger charge is -2.12. The summed E-state index contributed by atoms with van der Waals surface area (Å²) in [6.07, 6.45) is 0. The van der Waals surface area contributed by atoms with Crippen molar-refractivity contribution in [2.75, 3.05) is 19.5 Å². The molecule has 0 aliphatic carbocycles. The molecule has 0 aliphatic heterocycles. The molecule has 0 aliphatic rings. The van der Waals surface area contributed by atoms with Gasteiger partial charge in [0.1, 0.15) is 29.6 Å². The van der Waals surface area contributed by atoms with Gasteiger partial charge in [0.15, 0.2) is 5.11 Å². The Kier molecular flexibility index (Phi) is 6.48. The summed E-state index contributed by atoms with van der Waals surface area (Å²) in [4.78, 5) is 12.3. The number of methoxy groups -OCH3 is 2. The number of rotatable bonds is 6. The molecule has 3 aromatic rings.